The van der Waals surface area contributed by atoms with Gasteiger partial charge in [0.15, 0.2) is 11.5 Å². The van der Waals surface area contributed by atoms with Crippen LogP contribution in [0.25, 0.3) is 0 Å². The number of carbonyl (C=O) groups is 1. The lowest BCUT2D eigenvalue weighted by molar-refractivity contribution is -0.145. The fourth-order valence-electron chi connectivity index (χ4n) is 2.53. The maximum atomic E-state index is 11.7. The van der Waals surface area contributed by atoms with Gasteiger partial charge in [0.05, 0.1) is 19.8 Å². The minimum Gasteiger partial charge on any atom is -0.490 e. The molecule has 0 aliphatic heterocycles. The fraction of sp³-hybridized carbons (Fsp3) is 0.526. The van der Waals surface area contributed by atoms with E-state index in [1.54, 1.807) is 0 Å². The van der Waals surface area contributed by atoms with Crippen LogP contribution in [0.15, 0.2) is 36.4 Å². The molecule has 0 saturated carbocycles. The maximum absolute atomic E-state index is 11.7. The molecule has 1 aromatic carbocycles. The number of ether oxygens (including phenoxy) is 3. The molecular weight excluding hydrogens is 292 g/mol. The topological polar surface area (TPSA) is 44.8 Å². The lowest BCUT2D eigenvalue weighted by atomic mass is 9.95. The third-order valence-corrected chi connectivity index (χ3v) is 3.79. The normalized spacial score (nSPS) is 16.8. The zero-order valence-electron chi connectivity index (χ0n) is 13.8. The van der Waals surface area contributed by atoms with E-state index in [-0.39, 0.29) is 5.97 Å². The summed E-state index contributed by atoms with van der Waals surface area (Å²) in [6.45, 7) is 3.56. The monoisotopic (exact) mass is 318 g/mol. The first-order chi connectivity index (χ1) is 11.3. The molecule has 4 nitrogen and oxygen atoms in total. The van der Waals surface area contributed by atoms with Crippen molar-refractivity contribution in [2.75, 3.05) is 19.8 Å². The third-order valence-electron chi connectivity index (χ3n) is 3.79. The Morgan fingerprint density at radius 2 is 1.96 bits per heavy atom. The van der Waals surface area contributed by atoms with Crippen molar-refractivity contribution in [1.29, 1.82) is 0 Å². The summed E-state index contributed by atoms with van der Waals surface area (Å²) >= 11 is 0. The van der Waals surface area contributed by atoms with Crippen molar-refractivity contribution in [3.8, 4) is 11.5 Å². The first kappa shape index (κ1) is 17.4. The van der Waals surface area contributed by atoms with Crippen LogP contribution < -0.4 is 9.47 Å². The summed E-state index contributed by atoms with van der Waals surface area (Å²) in [6, 6.07) is 7.58. The predicted octanol–water partition coefficient (Wildman–Crippen LogP) is 4.14. The summed E-state index contributed by atoms with van der Waals surface area (Å²) < 4.78 is 16.5. The van der Waals surface area contributed by atoms with Gasteiger partial charge in [-0.25, -0.2) is 0 Å². The van der Waals surface area contributed by atoms with E-state index in [4.69, 9.17) is 14.2 Å². The Bertz CT molecular complexity index is 510. The smallest absolute Gasteiger partial charge is 0.305 e. The molecule has 0 amide bonds. The molecule has 0 radical (unpaired) electrons. The van der Waals surface area contributed by atoms with Gasteiger partial charge in [0.25, 0.3) is 0 Å². The van der Waals surface area contributed by atoms with Crippen LogP contribution in [0.2, 0.25) is 0 Å². The highest BCUT2D eigenvalue weighted by molar-refractivity contribution is 5.69. The van der Waals surface area contributed by atoms with E-state index in [1.165, 1.54) is 0 Å². The highest BCUT2D eigenvalue weighted by Gasteiger charge is 2.12. The number of para-hydroxylation sites is 2. The van der Waals surface area contributed by atoms with E-state index in [9.17, 15) is 4.79 Å². The first-order valence-corrected chi connectivity index (χ1v) is 8.45. The van der Waals surface area contributed by atoms with E-state index < -0.39 is 0 Å². The molecule has 2 rings (SSSR count). The average Bonchev–Trinajstić information content (AvgIpc) is 2.59. The van der Waals surface area contributed by atoms with Crippen molar-refractivity contribution >= 4 is 5.97 Å². The first-order valence-electron chi connectivity index (χ1n) is 8.45. The van der Waals surface area contributed by atoms with Gasteiger partial charge in [-0.1, -0.05) is 24.3 Å². The van der Waals surface area contributed by atoms with Crippen LogP contribution in [0.1, 0.15) is 39.0 Å². The van der Waals surface area contributed by atoms with Crippen LogP contribution in [-0.2, 0) is 9.53 Å². The van der Waals surface area contributed by atoms with Crippen LogP contribution in [0, 0.1) is 5.92 Å². The molecule has 1 aliphatic rings. The Kier molecular flexibility index (Phi) is 7.50. The van der Waals surface area contributed by atoms with E-state index in [0.29, 0.717) is 38.6 Å². The van der Waals surface area contributed by atoms with Crippen LogP contribution in [0.5, 0.6) is 11.5 Å². The zero-order chi connectivity index (χ0) is 16.3. The van der Waals surface area contributed by atoms with Crippen molar-refractivity contribution in [1.82, 2.24) is 0 Å². The molecule has 4 heteroatoms. The highest BCUT2D eigenvalue weighted by atomic mass is 16.5. The second-order valence-corrected chi connectivity index (χ2v) is 5.67. The van der Waals surface area contributed by atoms with Crippen molar-refractivity contribution in [3.63, 3.8) is 0 Å². The second-order valence-electron chi connectivity index (χ2n) is 5.67. The molecule has 126 valence electrons. The van der Waals surface area contributed by atoms with Gasteiger partial charge in [0.1, 0.15) is 0 Å². The number of esters is 1. The molecule has 0 bridgehead atoms. The molecule has 1 aromatic rings. The number of allylic oxidation sites excluding steroid dienone is 2. The number of benzene rings is 1. The van der Waals surface area contributed by atoms with Crippen LogP contribution in [0.4, 0.5) is 0 Å². The standard InChI is InChI=1S/C19H26O4/c1-2-21-17-11-6-7-12-18(17)22-14-8-13-19(20)23-15-16-9-4-3-5-10-16/h3-4,6-7,11-12,16H,2,5,8-10,13-15H2,1H3. The van der Waals surface area contributed by atoms with Gasteiger partial charge in [-0.2, -0.15) is 0 Å². The summed E-state index contributed by atoms with van der Waals surface area (Å²) in [5.41, 5.74) is 0. The Balaban J connectivity index is 1.61. The van der Waals surface area contributed by atoms with Crippen LogP contribution in [0.3, 0.4) is 0 Å². The van der Waals surface area contributed by atoms with Crippen molar-refractivity contribution < 1.29 is 19.0 Å². The molecule has 0 fully saturated rings. The lowest BCUT2D eigenvalue weighted by Crippen LogP contribution is -2.15. The molecule has 0 N–H and O–H groups in total. The summed E-state index contributed by atoms with van der Waals surface area (Å²) in [7, 11) is 0. The third kappa shape index (κ3) is 6.35. The summed E-state index contributed by atoms with van der Waals surface area (Å²) in [6.07, 6.45) is 8.62. The van der Waals surface area contributed by atoms with Crippen molar-refractivity contribution in [2.45, 2.75) is 39.0 Å². The summed E-state index contributed by atoms with van der Waals surface area (Å²) in [5, 5.41) is 0. The van der Waals surface area contributed by atoms with E-state index in [1.807, 2.05) is 31.2 Å². The molecule has 1 unspecified atom stereocenters. The number of hydrogen-bond acceptors (Lipinski definition) is 4. The molecule has 0 saturated heterocycles. The summed E-state index contributed by atoms with van der Waals surface area (Å²) in [5.74, 6) is 1.80. The fourth-order valence-corrected chi connectivity index (χ4v) is 2.53. The number of hydrogen-bond donors (Lipinski definition) is 0. The Morgan fingerprint density at radius 1 is 1.17 bits per heavy atom. The Morgan fingerprint density at radius 3 is 2.65 bits per heavy atom. The second kappa shape index (κ2) is 9.93. The van der Waals surface area contributed by atoms with Gasteiger partial charge in [-0.3, -0.25) is 4.79 Å². The largest absolute Gasteiger partial charge is 0.490 e. The Hall–Kier alpha value is -1.97. The minimum absolute atomic E-state index is 0.138. The Labute approximate surface area is 138 Å². The maximum Gasteiger partial charge on any atom is 0.305 e. The zero-order valence-corrected chi connectivity index (χ0v) is 13.8. The summed E-state index contributed by atoms with van der Waals surface area (Å²) in [4.78, 5) is 11.7. The number of carbonyl (C=O) groups excluding carboxylic acids is 1. The lowest BCUT2D eigenvalue weighted by Gasteiger charge is -2.17. The molecule has 1 atom stereocenters. The van der Waals surface area contributed by atoms with E-state index in [2.05, 4.69) is 12.2 Å². The molecule has 0 spiro atoms. The van der Waals surface area contributed by atoms with Crippen molar-refractivity contribution in [2.24, 2.45) is 5.92 Å². The van der Waals surface area contributed by atoms with Crippen LogP contribution in [-0.4, -0.2) is 25.8 Å². The highest BCUT2D eigenvalue weighted by Crippen LogP contribution is 2.26. The molecule has 0 aromatic heterocycles. The molecule has 0 heterocycles. The van der Waals surface area contributed by atoms with E-state index >= 15 is 0 Å². The minimum atomic E-state index is -0.138. The van der Waals surface area contributed by atoms with E-state index in [0.717, 1.165) is 30.8 Å². The van der Waals surface area contributed by atoms with Gasteiger partial charge in [0.2, 0.25) is 0 Å². The van der Waals surface area contributed by atoms with Gasteiger partial charge >= 0.3 is 5.97 Å². The van der Waals surface area contributed by atoms with Gasteiger partial charge in [-0.15, -0.1) is 0 Å². The molecule has 23 heavy (non-hydrogen) atoms. The SMILES string of the molecule is CCOc1ccccc1OCCCC(=O)OCC1CC=CCC1. The van der Waals surface area contributed by atoms with Crippen LogP contribution >= 0.6 is 0 Å². The molecule has 1 aliphatic carbocycles. The van der Waals surface area contributed by atoms with Gasteiger partial charge in [0, 0.05) is 6.42 Å². The van der Waals surface area contributed by atoms with Gasteiger partial charge in [-0.05, 0) is 50.7 Å². The average molecular weight is 318 g/mol. The predicted molar refractivity (Wildman–Crippen MR) is 89.8 cm³/mol. The molecular formula is C19H26O4. The quantitative estimate of drug-likeness (QED) is 0.390. The van der Waals surface area contributed by atoms with Crippen molar-refractivity contribution in [3.05, 3.63) is 36.4 Å². The number of rotatable bonds is 9. The van der Waals surface area contributed by atoms with Gasteiger partial charge < -0.3 is 14.2 Å².